The van der Waals surface area contributed by atoms with E-state index in [2.05, 4.69) is 10.2 Å². The number of nitrogens with zero attached hydrogens (tertiary/aromatic N) is 2. The van der Waals surface area contributed by atoms with Gasteiger partial charge in [0.25, 0.3) is 0 Å². The van der Waals surface area contributed by atoms with Gasteiger partial charge >= 0.3 is 0 Å². The van der Waals surface area contributed by atoms with Crippen LogP contribution in [0.25, 0.3) is 11.1 Å². The van der Waals surface area contributed by atoms with E-state index in [1.807, 2.05) is 13.0 Å². The third-order valence-electron chi connectivity index (χ3n) is 2.03. The number of aromatic nitrogens is 2. The molecule has 2 rings (SSSR count). The molecule has 0 amide bonds. The smallest absolute Gasteiger partial charge is 0.159 e. The first-order valence-electron chi connectivity index (χ1n) is 4.42. The van der Waals surface area contributed by atoms with E-state index >= 15 is 0 Å². The van der Waals surface area contributed by atoms with Crippen molar-refractivity contribution >= 4 is 11.6 Å². The Labute approximate surface area is 91.7 Å². The van der Waals surface area contributed by atoms with Crippen LogP contribution in [0.3, 0.4) is 0 Å². The third-order valence-corrected chi connectivity index (χ3v) is 2.31. The van der Waals surface area contributed by atoms with Gasteiger partial charge in [0.2, 0.25) is 0 Å². The number of halogens is 2. The van der Waals surface area contributed by atoms with Crippen LogP contribution in [0.1, 0.15) is 5.69 Å². The third kappa shape index (κ3) is 2.13. The fraction of sp³-hybridized carbons (Fsp3) is 0.0909. The molecule has 0 saturated carbocycles. The van der Waals surface area contributed by atoms with Crippen molar-refractivity contribution in [1.82, 2.24) is 10.2 Å². The lowest BCUT2D eigenvalue weighted by molar-refractivity contribution is 0.628. The van der Waals surface area contributed by atoms with Crippen molar-refractivity contribution in [2.75, 3.05) is 0 Å². The molecule has 2 nitrogen and oxygen atoms in total. The zero-order valence-corrected chi connectivity index (χ0v) is 8.79. The number of hydrogen-bond acceptors (Lipinski definition) is 2. The monoisotopic (exact) mass is 222 g/mol. The summed E-state index contributed by atoms with van der Waals surface area (Å²) in [5.74, 6) is -0.270. The molecule has 76 valence electrons. The summed E-state index contributed by atoms with van der Waals surface area (Å²) in [6.45, 7) is 1.83. The van der Waals surface area contributed by atoms with E-state index in [1.165, 1.54) is 12.1 Å². The molecule has 0 unspecified atom stereocenters. The average molecular weight is 223 g/mol. The molecule has 1 aromatic carbocycles. The zero-order valence-electron chi connectivity index (χ0n) is 8.04. The Bertz CT molecular complexity index is 482. The van der Waals surface area contributed by atoms with E-state index in [0.29, 0.717) is 5.15 Å². The average Bonchev–Trinajstić information content (AvgIpc) is 2.23. The molecule has 1 heterocycles. The standard InChI is InChI=1S/C11H8ClFN2/c1-7-6-10(11(12)15-14-7)8-2-4-9(13)5-3-8/h2-6H,1H3. The molecule has 0 spiro atoms. The molecule has 0 aliphatic rings. The summed E-state index contributed by atoms with van der Waals surface area (Å²) < 4.78 is 12.7. The fourth-order valence-electron chi connectivity index (χ4n) is 1.31. The highest BCUT2D eigenvalue weighted by atomic mass is 35.5. The Kier molecular flexibility index (Phi) is 2.64. The Balaban J connectivity index is 2.53. The van der Waals surface area contributed by atoms with Gasteiger partial charge in [-0.05, 0) is 30.7 Å². The van der Waals surface area contributed by atoms with Gasteiger partial charge in [0.15, 0.2) is 5.15 Å². The minimum atomic E-state index is -0.270. The summed E-state index contributed by atoms with van der Waals surface area (Å²) in [7, 11) is 0. The van der Waals surface area contributed by atoms with Gasteiger partial charge in [0.1, 0.15) is 5.82 Å². The maximum absolute atomic E-state index is 12.7. The molecule has 0 N–H and O–H groups in total. The molecule has 0 bridgehead atoms. The highest BCUT2D eigenvalue weighted by Crippen LogP contribution is 2.25. The van der Waals surface area contributed by atoms with Crippen LogP contribution in [-0.2, 0) is 0 Å². The van der Waals surface area contributed by atoms with Crippen molar-refractivity contribution < 1.29 is 4.39 Å². The second-order valence-corrected chi connectivity index (χ2v) is 3.56. The number of aryl methyl sites for hydroxylation is 1. The van der Waals surface area contributed by atoms with Gasteiger partial charge in [-0.3, -0.25) is 0 Å². The van der Waals surface area contributed by atoms with E-state index in [1.54, 1.807) is 12.1 Å². The molecule has 1 aromatic heterocycles. The second kappa shape index (κ2) is 3.95. The largest absolute Gasteiger partial charge is 0.207 e. The van der Waals surface area contributed by atoms with Crippen LogP contribution >= 0.6 is 11.6 Å². The summed E-state index contributed by atoms with van der Waals surface area (Å²) in [5.41, 5.74) is 2.38. The van der Waals surface area contributed by atoms with Crippen molar-refractivity contribution in [2.45, 2.75) is 6.92 Å². The summed E-state index contributed by atoms with van der Waals surface area (Å²) in [6.07, 6.45) is 0. The molecule has 15 heavy (non-hydrogen) atoms. The first kappa shape index (κ1) is 10.1. The van der Waals surface area contributed by atoms with Crippen LogP contribution in [0.4, 0.5) is 4.39 Å². The molecule has 2 aromatic rings. The molecule has 0 saturated heterocycles. The van der Waals surface area contributed by atoms with Gasteiger partial charge in [0, 0.05) is 5.56 Å². The fourth-order valence-corrected chi connectivity index (χ4v) is 1.51. The predicted octanol–water partition coefficient (Wildman–Crippen LogP) is 3.24. The van der Waals surface area contributed by atoms with Crippen LogP contribution in [0.5, 0.6) is 0 Å². The van der Waals surface area contributed by atoms with Crippen LogP contribution in [0, 0.1) is 12.7 Å². The molecule has 0 radical (unpaired) electrons. The van der Waals surface area contributed by atoms with Crippen molar-refractivity contribution in [2.24, 2.45) is 0 Å². The summed E-state index contributed by atoms with van der Waals surface area (Å²) in [4.78, 5) is 0. The van der Waals surface area contributed by atoms with E-state index in [4.69, 9.17) is 11.6 Å². The highest BCUT2D eigenvalue weighted by Gasteiger charge is 2.05. The topological polar surface area (TPSA) is 25.8 Å². The SMILES string of the molecule is Cc1cc(-c2ccc(F)cc2)c(Cl)nn1. The number of rotatable bonds is 1. The maximum Gasteiger partial charge on any atom is 0.159 e. The van der Waals surface area contributed by atoms with Gasteiger partial charge in [-0.2, -0.15) is 5.10 Å². The van der Waals surface area contributed by atoms with E-state index in [0.717, 1.165) is 16.8 Å². The molecule has 0 aliphatic heterocycles. The molecule has 4 heteroatoms. The van der Waals surface area contributed by atoms with Crippen LogP contribution in [-0.4, -0.2) is 10.2 Å². The Morgan fingerprint density at radius 1 is 1.13 bits per heavy atom. The molecule has 0 fully saturated rings. The molecule has 0 atom stereocenters. The van der Waals surface area contributed by atoms with Gasteiger partial charge in [0.05, 0.1) is 5.69 Å². The highest BCUT2D eigenvalue weighted by molar-refractivity contribution is 6.32. The minimum absolute atomic E-state index is 0.270. The van der Waals surface area contributed by atoms with Crippen molar-refractivity contribution in [3.8, 4) is 11.1 Å². The molecular weight excluding hydrogens is 215 g/mol. The van der Waals surface area contributed by atoms with Crippen molar-refractivity contribution in [3.05, 3.63) is 47.0 Å². The van der Waals surface area contributed by atoms with Crippen molar-refractivity contribution in [1.29, 1.82) is 0 Å². The minimum Gasteiger partial charge on any atom is -0.207 e. The van der Waals surface area contributed by atoms with Gasteiger partial charge in [-0.25, -0.2) is 4.39 Å². The lowest BCUT2D eigenvalue weighted by Gasteiger charge is -2.03. The van der Waals surface area contributed by atoms with E-state index < -0.39 is 0 Å². The van der Waals surface area contributed by atoms with Gasteiger partial charge in [-0.1, -0.05) is 23.7 Å². The molecular formula is C11H8ClFN2. The summed E-state index contributed by atoms with van der Waals surface area (Å²) in [6, 6.07) is 7.93. The van der Waals surface area contributed by atoms with E-state index in [9.17, 15) is 4.39 Å². The zero-order chi connectivity index (χ0) is 10.8. The van der Waals surface area contributed by atoms with Gasteiger partial charge < -0.3 is 0 Å². The first-order chi connectivity index (χ1) is 7.16. The van der Waals surface area contributed by atoms with Crippen molar-refractivity contribution in [3.63, 3.8) is 0 Å². The van der Waals surface area contributed by atoms with Crippen LogP contribution < -0.4 is 0 Å². The quantitative estimate of drug-likeness (QED) is 0.740. The Morgan fingerprint density at radius 3 is 2.47 bits per heavy atom. The van der Waals surface area contributed by atoms with E-state index in [-0.39, 0.29) is 5.82 Å². The predicted molar refractivity (Wildman–Crippen MR) is 57.2 cm³/mol. The van der Waals surface area contributed by atoms with Gasteiger partial charge in [-0.15, -0.1) is 5.10 Å². The Morgan fingerprint density at radius 2 is 1.80 bits per heavy atom. The number of hydrogen-bond donors (Lipinski definition) is 0. The van der Waals surface area contributed by atoms with Crippen LogP contribution in [0.2, 0.25) is 5.15 Å². The maximum atomic E-state index is 12.7. The molecule has 0 aliphatic carbocycles. The lowest BCUT2D eigenvalue weighted by Crippen LogP contribution is -1.90. The normalized spacial score (nSPS) is 10.3. The summed E-state index contributed by atoms with van der Waals surface area (Å²) >= 11 is 5.90. The number of benzene rings is 1. The second-order valence-electron chi connectivity index (χ2n) is 3.20. The summed E-state index contributed by atoms with van der Waals surface area (Å²) in [5, 5.41) is 7.95. The lowest BCUT2D eigenvalue weighted by atomic mass is 10.1. The first-order valence-corrected chi connectivity index (χ1v) is 4.80. The Hall–Kier alpha value is -1.48. The van der Waals surface area contributed by atoms with Crippen LogP contribution in [0.15, 0.2) is 30.3 Å².